The monoisotopic (exact) mass is 279 g/mol. The van der Waals surface area contributed by atoms with E-state index < -0.39 is 11.6 Å². The molecule has 2 unspecified atom stereocenters. The molecule has 0 spiro atoms. The van der Waals surface area contributed by atoms with Crippen molar-refractivity contribution in [2.75, 3.05) is 6.54 Å². The molecule has 3 rings (SSSR count). The molecule has 1 N–H and O–H groups in total. The highest BCUT2D eigenvalue weighted by molar-refractivity contribution is 5.21. The highest BCUT2D eigenvalue weighted by Crippen LogP contribution is 2.28. The lowest BCUT2D eigenvalue weighted by Crippen LogP contribution is -2.16. The number of hydrogen-bond donors (Lipinski definition) is 1. The fourth-order valence-electron chi connectivity index (χ4n) is 2.47. The van der Waals surface area contributed by atoms with E-state index in [9.17, 15) is 8.78 Å². The zero-order chi connectivity index (χ0) is 14.1. The van der Waals surface area contributed by atoms with Crippen molar-refractivity contribution in [1.29, 1.82) is 0 Å². The van der Waals surface area contributed by atoms with Gasteiger partial charge < -0.3 is 9.84 Å². The molecule has 1 aliphatic heterocycles. The summed E-state index contributed by atoms with van der Waals surface area (Å²) in [5.41, 5.74) is 0.353. The van der Waals surface area contributed by atoms with Crippen LogP contribution in [0, 0.1) is 17.6 Å². The van der Waals surface area contributed by atoms with Gasteiger partial charge >= 0.3 is 0 Å². The average molecular weight is 279 g/mol. The zero-order valence-electron chi connectivity index (χ0n) is 11.1. The van der Waals surface area contributed by atoms with Crippen molar-refractivity contribution in [2.45, 2.75) is 25.8 Å². The van der Waals surface area contributed by atoms with E-state index in [1.807, 2.05) is 0 Å². The lowest BCUT2D eigenvalue weighted by atomic mass is 10.0. The molecule has 2 aromatic rings. The van der Waals surface area contributed by atoms with Crippen molar-refractivity contribution in [3.05, 3.63) is 47.1 Å². The summed E-state index contributed by atoms with van der Waals surface area (Å²) in [6.45, 7) is 3.05. The molecule has 106 valence electrons. The van der Waals surface area contributed by atoms with Gasteiger partial charge in [0.25, 0.3) is 0 Å². The molecule has 0 amide bonds. The Morgan fingerprint density at radius 2 is 2.25 bits per heavy atom. The summed E-state index contributed by atoms with van der Waals surface area (Å²) in [6, 6.07) is 3.54. The van der Waals surface area contributed by atoms with E-state index in [1.165, 1.54) is 12.1 Å². The van der Waals surface area contributed by atoms with E-state index in [2.05, 4.69) is 22.4 Å². The van der Waals surface area contributed by atoms with Gasteiger partial charge in [-0.1, -0.05) is 18.1 Å². The molecule has 1 aromatic carbocycles. The van der Waals surface area contributed by atoms with Crippen molar-refractivity contribution in [2.24, 2.45) is 5.92 Å². The van der Waals surface area contributed by atoms with Gasteiger partial charge in [0.1, 0.15) is 11.6 Å². The number of rotatable bonds is 3. The summed E-state index contributed by atoms with van der Waals surface area (Å²) in [5, 5.41) is 7.17. The second kappa shape index (κ2) is 5.28. The summed E-state index contributed by atoms with van der Waals surface area (Å²) >= 11 is 0. The Labute approximate surface area is 115 Å². The Morgan fingerprint density at radius 1 is 1.40 bits per heavy atom. The molecule has 1 saturated heterocycles. The van der Waals surface area contributed by atoms with Crippen molar-refractivity contribution in [1.82, 2.24) is 15.5 Å². The Hall–Kier alpha value is -1.82. The van der Waals surface area contributed by atoms with Gasteiger partial charge in [0.15, 0.2) is 5.82 Å². The van der Waals surface area contributed by atoms with Crippen LogP contribution in [0.1, 0.15) is 36.7 Å². The first-order valence-electron chi connectivity index (χ1n) is 6.63. The Morgan fingerprint density at radius 3 is 2.95 bits per heavy atom. The largest absolute Gasteiger partial charge is 0.338 e. The third kappa shape index (κ3) is 2.56. The molecule has 0 aliphatic carbocycles. The second-order valence-corrected chi connectivity index (χ2v) is 5.16. The van der Waals surface area contributed by atoms with E-state index in [1.54, 1.807) is 0 Å². The van der Waals surface area contributed by atoms with Gasteiger partial charge in [0.05, 0.1) is 6.04 Å². The van der Waals surface area contributed by atoms with Gasteiger partial charge in [-0.2, -0.15) is 4.98 Å². The molecular weight excluding hydrogens is 264 g/mol. The van der Waals surface area contributed by atoms with E-state index in [0.29, 0.717) is 23.2 Å². The Balaban J connectivity index is 1.77. The van der Waals surface area contributed by atoms with Crippen LogP contribution in [0.25, 0.3) is 0 Å². The summed E-state index contributed by atoms with van der Waals surface area (Å²) in [5.74, 6) is 0.192. The van der Waals surface area contributed by atoms with E-state index in [0.717, 1.165) is 19.0 Å². The van der Waals surface area contributed by atoms with E-state index >= 15 is 0 Å². The van der Waals surface area contributed by atoms with Gasteiger partial charge in [0, 0.05) is 12.5 Å². The molecule has 0 bridgehead atoms. The molecule has 2 heterocycles. The summed E-state index contributed by atoms with van der Waals surface area (Å²) in [7, 11) is 0. The Bertz CT molecular complexity index is 614. The van der Waals surface area contributed by atoms with Crippen LogP contribution in [0.15, 0.2) is 22.7 Å². The third-order valence-corrected chi connectivity index (χ3v) is 3.65. The third-order valence-electron chi connectivity index (χ3n) is 3.65. The minimum absolute atomic E-state index is 0.0642. The lowest BCUT2D eigenvalue weighted by molar-refractivity contribution is 0.317. The second-order valence-electron chi connectivity index (χ2n) is 5.16. The van der Waals surface area contributed by atoms with Crippen LogP contribution in [0.4, 0.5) is 8.78 Å². The Kier molecular flexibility index (Phi) is 3.48. The first kappa shape index (κ1) is 13.2. The first-order chi connectivity index (χ1) is 9.63. The molecule has 6 heteroatoms. The highest BCUT2D eigenvalue weighted by atomic mass is 19.1. The molecular formula is C14H15F2N3O. The van der Waals surface area contributed by atoms with Gasteiger partial charge in [-0.3, -0.25) is 0 Å². The molecule has 1 fully saturated rings. The lowest BCUT2D eigenvalue weighted by Gasteiger charge is -2.09. The van der Waals surface area contributed by atoms with E-state index in [4.69, 9.17) is 4.52 Å². The smallest absolute Gasteiger partial charge is 0.244 e. The predicted molar refractivity (Wildman–Crippen MR) is 68.0 cm³/mol. The zero-order valence-corrected chi connectivity index (χ0v) is 11.1. The van der Waals surface area contributed by atoms with Crippen LogP contribution < -0.4 is 5.32 Å². The van der Waals surface area contributed by atoms with Gasteiger partial charge in [-0.05, 0) is 30.5 Å². The molecule has 1 aliphatic rings. The summed E-state index contributed by atoms with van der Waals surface area (Å²) in [6.07, 6.45) is 1.26. The number of nitrogens with one attached hydrogen (secondary N) is 1. The maximum absolute atomic E-state index is 13.6. The number of hydrogen-bond acceptors (Lipinski definition) is 4. The standard InChI is InChI=1S/C14H15F2N3O/c1-8-4-5-17-13(8)14-18-12(19-20-14)6-9-2-3-10(15)7-11(9)16/h2-3,7-8,13,17H,4-6H2,1H3. The predicted octanol–water partition coefficient (Wildman–Crippen LogP) is 2.61. The van der Waals surface area contributed by atoms with Crippen LogP contribution >= 0.6 is 0 Å². The molecule has 4 nitrogen and oxygen atoms in total. The molecule has 0 radical (unpaired) electrons. The van der Waals surface area contributed by atoms with Crippen LogP contribution in [-0.2, 0) is 6.42 Å². The number of halogens is 2. The minimum Gasteiger partial charge on any atom is -0.338 e. The molecule has 1 aromatic heterocycles. The van der Waals surface area contributed by atoms with Gasteiger partial charge in [-0.15, -0.1) is 0 Å². The van der Waals surface area contributed by atoms with Crippen LogP contribution in [0.3, 0.4) is 0 Å². The fraction of sp³-hybridized carbons (Fsp3) is 0.429. The van der Waals surface area contributed by atoms with Crippen molar-refractivity contribution < 1.29 is 13.3 Å². The van der Waals surface area contributed by atoms with Crippen molar-refractivity contribution in [3.63, 3.8) is 0 Å². The SMILES string of the molecule is CC1CCNC1c1nc(Cc2ccc(F)cc2F)no1. The first-order valence-corrected chi connectivity index (χ1v) is 6.63. The highest BCUT2D eigenvalue weighted by Gasteiger charge is 2.29. The van der Waals surface area contributed by atoms with Crippen molar-refractivity contribution in [3.8, 4) is 0 Å². The van der Waals surface area contributed by atoms with Crippen LogP contribution in [-0.4, -0.2) is 16.7 Å². The number of benzene rings is 1. The molecule has 2 atom stereocenters. The topological polar surface area (TPSA) is 51.0 Å². The van der Waals surface area contributed by atoms with Gasteiger partial charge in [0.2, 0.25) is 5.89 Å². The van der Waals surface area contributed by atoms with Gasteiger partial charge in [-0.25, -0.2) is 8.78 Å². The molecule has 0 saturated carbocycles. The summed E-state index contributed by atoms with van der Waals surface area (Å²) < 4.78 is 31.6. The fourth-order valence-corrected chi connectivity index (χ4v) is 2.47. The summed E-state index contributed by atoms with van der Waals surface area (Å²) in [4.78, 5) is 4.30. The number of nitrogens with zero attached hydrogens (tertiary/aromatic N) is 2. The quantitative estimate of drug-likeness (QED) is 0.938. The number of aromatic nitrogens is 2. The van der Waals surface area contributed by atoms with Crippen LogP contribution in [0.2, 0.25) is 0 Å². The van der Waals surface area contributed by atoms with E-state index in [-0.39, 0.29) is 12.5 Å². The minimum atomic E-state index is -0.594. The maximum atomic E-state index is 13.6. The normalized spacial score (nSPS) is 22.4. The maximum Gasteiger partial charge on any atom is 0.244 e. The van der Waals surface area contributed by atoms with Crippen LogP contribution in [0.5, 0.6) is 0 Å². The average Bonchev–Trinajstić information content (AvgIpc) is 3.01. The van der Waals surface area contributed by atoms with Crippen molar-refractivity contribution >= 4 is 0 Å². The molecule has 20 heavy (non-hydrogen) atoms.